The highest BCUT2D eigenvalue weighted by Gasteiger charge is 2.19. The standard InChI is InChI=1S/C15H15N3O8/c1-7(12(16)20)17-10(19)6-18-13(21)8-4-3-5-9(25-15(23)24-2)11(8)26-14(18)22/h3-5,7H,6H2,1-2H3,(H2,16,20)(H,17,19). The zero-order valence-corrected chi connectivity index (χ0v) is 13.8. The van der Waals surface area contributed by atoms with E-state index in [1.807, 2.05) is 0 Å². The maximum atomic E-state index is 12.5. The summed E-state index contributed by atoms with van der Waals surface area (Å²) in [5.41, 5.74) is 3.92. The minimum absolute atomic E-state index is 0.0956. The van der Waals surface area contributed by atoms with E-state index in [1.54, 1.807) is 0 Å². The zero-order chi connectivity index (χ0) is 19.4. The van der Waals surface area contributed by atoms with Gasteiger partial charge in [0.15, 0.2) is 11.3 Å². The topological polar surface area (TPSA) is 160 Å². The number of hydrogen-bond donors (Lipinski definition) is 2. The third-order valence-corrected chi connectivity index (χ3v) is 3.33. The van der Waals surface area contributed by atoms with Gasteiger partial charge in [0.05, 0.1) is 12.5 Å². The number of benzene rings is 1. The third-order valence-electron chi connectivity index (χ3n) is 3.33. The summed E-state index contributed by atoms with van der Waals surface area (Å²) < 4.78 is 14.7. The van der Waals surface area contributed by atoms with Gasteiger partial charge >= 0.3 is 11.9 Å². The van der Waals surface area contributed by atoms with Crippen molar-refractivity contribution in [3.8, 4) is 5.75 Å². The Balaban J connectivity index is 2.43. The highest BCUT2D eigenvalue weighted by Crippen LogP contribution is 2.22. The number of primary amides is 1. The quantitative estimate of drug-likeness (QED) is 0.508. The van der Waals surface area contributed by atoms with Crippen LogP contribution in [0.15, 0.2) is 32.2 Å². The Hall–Kier alpha value is -3.63. The number of nitrogens with one attached hydrogen (secondary N) is 1. The molecular weight excluding hydrogens is 350 g/mol. The molecule has 0 spiro atoms. The lowest BCUT2D eigenvalue weighted by molar-refractivity contribution is -0.127. The van der Waals surface area contributed by atoms with Crippen LogP contribution in [0, 0.1) is 0 Å². The van der Waals surface area contributed by atoms with Crippen molar-refractivity contribution < 1.29 is 28.3 Å². The lowest BCUT2D eigenvalue weighted by Crippen LogP contribution is -2.46. The summed E-state index contributed by atoms with van der Waals surface area (Å²) in [4.78, 5) is 58.6. The van der Waals surface area contributed by atoms with Gasteiger partial charge in [-0.3, -0.25) is 14.4 Å². The van der Waals surface area contributed by atoms with Crippen LogP contribution in [0.4, 0.5) is 4.79 Å². The van der Waals surface area contributed by atoms with Gasteiger partial charge in [0.2, 0.25) is 11.8 Å². The van der Waals surface area contributed by atoms with Gasteiger partial charge in [-0.1, -0.05) is 6.07 Å². The Morgan fingerprint density at radius 3 is 2.62 bits per heavy atom. The first kappa shape index (κ1) is 18.7. The lowest BCUT2D eigenvalue weighted by atomic mass is 10.2. The maximum absolute atomic E-state index is 12.5. The average molecular weight is 365 g/mol. The van der Waals surface area contributed by atoms with Crippen LogP contribution < -0.4 is 27.1 Å². The van der Waals surface area contributed by atoms with Crippen LogP contribution in [0.2, 0.25) is 0 Å². The molecule has 0 saturated carbocycles. The molecule has 1 heterocycles. The van der Waals surface area contributed by atoms with Crippen molar-refractivity contribution in [2.24, 2.45) is 5.73 Å². The van der Waals surface area contributed by atoms with Crippen molar-refractivity contribution in [1.29, 1.82) is 0 Å². The highest BCUT2D eigenvalue weighted by atomic mass is 16.7. The second-order valence-corrected chi connectivity index (χ2v) is 5.14. The Morgan fingerprint density at radius 2 is 2.00 bits per heavy atom. The van der Waals surface area contributed by atoms with Crippen molar-refractivity contribution in [3.63, 3.8) is 0 Å². The minimum atomic E-state index is -1.15. The summed E-state index contributed by atoms with van der Waals surface area (Å²) in [6.45, 7) is 0.666. The van der Waals surface area contributed by atoms with Crippen molar-refractivity contribution in [2.45, 2.75) is 19.5 Å². The molecule has 3 N–H and O–H groups in total. The first-order valence-corrected chi connectivity index (χ1v) is 7.25. The van der Waals surface area contributed by atoms with Gasteiger partial charge in [-0.15, -0.1) is 0 Å². The maximum Gasteiger partial charge on any atom is 0.513 e. The summed E-state index contributed by atoms with van der Waals surface area (Å²) in [6, 6.07) is 3.03. The lowest BCUT2D eigenvalue weighted by Gasteiger charge is -2.11. The molecular formula is C15H15N3O8. The van der Waals surface area contributed by atoms with E-state index in [0.717, 1.165) is 7.11 Å². The molecule has 0 aliphatic rings. The van der Waals surface area contributed by atoms with E-state index in [4.69, 9.17) is 14.9 Å². The summed E-state index contributed by atoms with van der Waals surface area (Å²) in [5, 5.41) is 2.14. The molecule has 1 atom stereocenters. The molecule has 0 bridgehead atoms. The number of amides is 2. The summed E-state index contributed by atoms with van der Waals surface area (Å²) in [6.07, 6.45) is -1.07. The fourth-order valence-electron chi connectivity index (χ4n) is 2.01. The van der Waals surface area contributed by atoms with Gasteiger partial charge in [-0.25, -0.2) is 14.2 Å². The van der Waals surface area contributed by atoms with Gasteiger partial charge in [0.25, 0.3) is 5.56 Å². The predicted octanol–water partition coefficient (Wildman–Crippen LogP) is -0.910. The fraction of sp³-hybridized carbons (Fsp3) is 0.267. The van der Waals surface area contributed by atoms with Crippen LogP contribution in [0.25, 0.3) is 11.0 Å². The molecule has 0 saturated heterocycles. The number of carbonyl (C=O) groups is 3. The zero-order valence-electron chi connectivity index (χ0n) is 13.8. The average Bonchev–Trinajstić information content (AvgIpc) is 2.59. The molecule has 1 aromatic heterocycles. The molecule has 138 valence electrons. The number of nitrogens with zero attached hydrogens (tertiary/aromatic N) is 1. The molecule has 1 unspecified atom stereocenters. The van der Waals surface area contributed by atoms with Crippen LogP contribution in [0.5, 0.6) is 5.75 Å². The van der Waals surface area contributed by atoms with E-state index >= 15 is 0 Å². The number of para-hydroxylation sites is 1. The SMILES string of the molecule is COC(=O)Oc1cccc2c(=O)n(CC(=O)NC(C)C(N)=O)c(=O)oc12. The number of ether oxygens (including phenoxy) is 2. The number of methoxy groups -OCH3 is 1. The number of hydrogen-bond acceptors (Lipinski definition) is 8. The second-order valence-electron chi connectivity index (χ2n) is 5.14. The summed E-state index contributed by atoms with van der Waals surface area (Å²) in [5.74, 6) is -2.90. The Bertz CT molecular complexity index is 991. The Kier molecular flexibility index (Phi) is 5.40. The molecule has 0 aliphatic carbocycles. The molecule has 2 aromatic rings. The molecule has 2 amide bonds. The van der Waals surface area contributed by atoms with Crippen LogP contribution in [-0.4, -0.2) is 35.7 Å². The highest BCUT2D eigenvalue weighted by molar-refractivity contribution is 5.86. The second kappa shape index (κ2) is 7.51. The van der Waals surface area contributed by atoms with Crippen LogP contribution in [0.3, 0.4) is 0 Å². The molecule has 0 fully saturated rings. The smallest absolute Gasteiger partial charge is 0.437 e. The normalized spacial score (nSPS) is 11.6. The van der Waals surface area contributed by atoms with E-state index < -0.39 is 41.9 Å². The molecule has 26 heavy (non-hydrogen) atoms. The number of fused-ring (bicyclic) bond motifs is 1. The van der Waals surface area contributed by atoms with Gasteiger partial charge < -0.3 is 24.9 Å². The number of nitrogens with two attached hydrogens (primary N) is 1. The third kappa shape index (κ3) is 3.88. The molecule has 2 rings (SSSR count). The van der Waals surface area contributed by atoms with Crippen LogP contribution in [-0.2, 0) is 20.9 Å². The van der Waals surface area contributed by atoms with E-state index in [9.17, 15) is 24.0 Å². The Labute approximate surface area is 145 Å². The van der Waals surface area contributed by atoms with E-state index in [2.05, 4.69) is 10.1 Å². The first-order chi connectivity index (χ1) is 12.2. The molecule has 11 heteroatoms. The first-order valence-electron chi connectivity index (χ1n) is 7.25. The molecule has 0 aliphatic heterocycles. The summed E-state index contributed by atoms with van der Waals surface area (Å²) >= 11 is 0. The van der Waals surface area contributed by atoms with Gasteiger partial charge in [-0.2, -0.15) is 0 Å². The number of rotatable bonds is 5. The van der Waals surface area contributed by atoms with Gasteiger partial charge in [0.1, 0.15) is 12.6 Å². The van der Waals surface area contributed by atoms with Crippen LogP contribution >= 0.6 is 0 Å². The number of carbonyl (C=O) groups excluding carboxylic acids is 3. The monoisotopic (exact) mass is 365 g/mol. The van der Waals surface area contributed by atoms with Crippen LogP contribution in [0.1, 0.15) is 6.92 Å². The molecule has 1 aromatic carbocycles. The van der Waals surface area contributed by atoms with E-state index in [1.165, 1.54) is 25.1 Å². The molecule has 0 radical (unpaired) electrons. The van der Waals surface area contributed by atoms with Crippen molar-refractivity contribution >= 4 is 28.9 Å². The fourth-order valence-corrected chi connectivity index (χ4v) is 2.01. The van der Waals surface area contributed by atoms with E-state index in [0.29, 0.717) is 4.57 Å². The predicted molar refractivity (Wildman–Crippen MR) is 86.6 cm³/mol. The number of aromatic nitrogens is 1. The van der Waals surface area contributed by atoms with Gasteiger partial charge in [-0.05, 0) is 19.1 Å². The summed E-state index contributed by atoms with van der Waals surface area (Å²) in [7, 11) is 1.09. The minimum Gasteiger partial charge on any atom is -0.437 e. The van der Waals surface area contributed by atoms with Crippen molar-refractivity contribution in [2.75, 3.05) is 7.11 Å². The van der Waals surface area contributed by atoms with Crippen molar-refractivity contribution in [1.82, 2.24) is 9.88 Å². The Morgan fingerprint density at radius 1 is 1.31 bits per heavy atom. The van der Waals surface area contributed by atoms with Crippen molar-refractivity contribution in [3.05, 3.63) is 39.1 Å². The molecule has 11 nitrogen and oxygen atoms in total. The van der Waals surface area contributed by atoms with Gasteiger partial charge in [0, 0.05) is 0 Å². The van der Waals surface area contributed by atoms with E-state index in [-0.39, 0.29) is 16.7 Å². The largest absolute Gasteiger partial charge is 0.513 e.